The highest BCUT2D eigenvalue weighted by Gasteiger charge is 1.95. The molecule has 0 saturated heterocycles. The highest BCUT2D eigenvalue weighted by Crippen LogP contribution is 2.15. The quantitative estimate of drug-likeness (QED) is 0.801. The highest BCUT2D eigenvalue weighted by atomic mass is 31.1. The second kappa shape index (κ2) is 5.67. The van der Waals surface area contributed by atoms with E-state index in [1.165, 1.54) is 17.0 Å². The molecule has 82 valence electrons. The molecule has 2 heteroatoms. The summed E-state index contributed by atoms with van der Waals surface area (Å²) in [6.07, 6.45) is 2.30. The average molecular weight is 230 g/mol. The summed E-state index contributed by atoms with van der Waals surface area (Å²) in [5.74, 6) is 0.344. The van der Waals surface area contributed by atoms with E-state index >= 15 is 0 Å². The van der Waals surface area contributed by atoms with E-state index in [9.17, 15) is 0 Å². The topological polar surface area (TPSA) is 20.2 Å². The molecule has 0 aromatic heterocycles. The molecule has 0 fully saturated rings. The average Bonchev–Trinajstić information content (AvgIpc) is 2.33. The number of phenols is 1. The van der Waals surface area contributed by atoms with Gasteiger partial charge in [-0.2, -0.15) is 0 Å². The molecule has 2 aromatic rings. The van der Waals surface area contributed by atoms with Crippen molar-refractivity contribution in [2.75, 3.05) is 6.16 Å². The molecule has 0 aliphatic rings. The summed E-state index contributed by atoms with van der Waals surface area (Å²) in [5.41, 5.74) is 1.40. The van der Waals surface area contributed by atoms with Crippen LogP contribution in [0, 0.1) is 0 Å². The monoisotopic (exact) mass is 230 g/mol. The zero-order chi connectivity index (χ0) is 11.2. The minimum absolute atomic E-state index is 0.344. The largest absolute Gasteiger partial charge is 0.508 e. The Kier molecular flexibility index (Phi) is 3.96. The Balaban J connectivity index is 1.82. The van der Waals surface area contributed by atoms with Crippen LogP contribution in [0.2, 0.25) is 0 Å². The number of hydrogen-bond donors (Lipinski definition) is 1. The molecule has 0 heterocycles. The van der Waals surface area contributed by atoms with Crippen molar-refractivity contribution in [1.29, 1.82) is 0 Å². The van der Waals surface area contributed by atoms with Gasteiger partial charge in [-0.1, -0.05) is 51.0 Å². The summed E-state index contributed by atoms with van der Waals surface area (Å²) >= 11 is 0. The van der Waals surface area contributed by atoms with Gasteiger partial charge in [0.25, 0.3) is 0 Å². The van der Waals surface area contributed by atoms with Gasteiger partial charge in [-0.15, -0.1) is 0 Å². The molecule has 0 amide bonds. The van der Waals surface area contributed by atoms with Crippen molar-refractivity contribution >= 4 is 13.9 Å². The minimum Gasteiger partial charge on any atom is -0.508 e. The minimum atomic E-state index is 0.344. The van der Waals surface area contributed by atoms with Gasteiger partial charge >= 0.3 is 0 Å². The van der Waals surface area contributed by atoms with Crippen molar-refractivity contribution in [3.8, 4) is 5.75 Å². The number of aryl methyl sites for hydroxylation is 1. The summed E-state index contributed by atoms with van der Waals surface area (Å²) < 4.78 is 0. The smallest absolute Gasteiger partial charge is 0.115 e. The molecule has 0 saturated carbocycles. The van der Waals surface area contributed by atoms with E-state index in [4.69, 9.17) is 5.11 Å². The van der Waals surface area contributed by atoms with Gasteiger partial charge in [0, 0.05) is 0 Å². The highest BCUT2D eigenvalue weighted by molar-refractivity contribution is 7.47. The van der Waals surface area contributed by atoms with Gasteiger partial charge in [-0.3, -0.25) is 0 Å². The molecule has 2 aromatic carbocycles. The first-order chi connectivity index (χ1) is 7.84. The Morgan fingerprint density at radius 2 is 1.56 bits per heavy atom. The normalized spacial score (nSPS) is 11.0. The lowest BCUT2D eigenvalue weighted by atomic mass is 10.2. The van der Waals surface area contributed by atoms with Crippen LogP contribution in [0.3, 0.4) is 0 Å². The molecule has 1 atom stereocenters. The van der Waals surface area contributed by atoms with E-state index in [0.29, 0.717) is 5.75 Å². The summed E-state index contributed by atoms with van der Waals surface area (Å²) in [5, 5.41) is 10.5. The summed E-state index contributed by atoms with van der Waals surface area (Å²) in [6, 6.07) is 18.1. The van der Waals surface area contributed by atoms with Crippen molar-refractivity contribution < 1.29 is 5.11 Å². The fourth-order valence-electron chi connectivity index (χ4n) is 1.58. The maximum Gasteiger partial charge on any atom is 0.115 e. The molecule has 0 aliphatic heterocycles. The third-order valence-corrected chi connectivity index (χ3v) is 3.69. The lowest BCUT2D eigenvalue weighted by Crippen LogP contribution is -1.96. The Morgan fingerprint density at radius 3 is 2.25 bits per heavy atom. The molecule has 1 N–H and O–H groups in total. The summed E-state index contributed by atoms with van der Waals surface area (Å²) in [7, 11) is 0.815. The van der Waals surface area contributed by atoms with Gasteiger partial charge in [0.05, 0.1) is 0 Å². The predicted octanol–water partition coefficient (Wildman–Crippen LogP) is 2.94. The van der Waals surface area contributed by atoms with Crippen molar-refractivity contribution in [3.63, 3.8) is 0 Å². The van der Waals surface area contributed by atoms with Crippen molar-refractivity contribution in [3.05, 3.63) is 60.2 Å². The summed E-state index contributed by atoms with van der Waals surface area (Å²) in [4.78, 5) is 0. The first kappa shape index (κ1) is 11.2. The molecule has 0 aliphatic carbocycles. The van der Waals surface area contributed by atoms with Gasteiger partial charge < -0.3 is 5.11 Å². The van der Waals surface area contributed by atoms with E-state index in [-0.39, 0.29) is 0 Å². The Bertz CT molecular complexity index is 422. The van der Waals surface area contributed by atoms with Crippen LogP contribution >= 0.6 is 8.58 Å². The molecular formula is C14H15OP. The second-order valence-corrected chi connectivity index (χ2v) is 5.14. The van der Waals surface area contributed by atoms with Gasteiger partial charge in [0.15, 0.2) is 0 Å². The third-order valence-electron chi connectivity index (χ3n) is 2.45. The first-order valence-electron chi connectivity index (χ1n) is 5.41. The third kappa shape index (κ3) is 3.36. The summed E-state index contributed by atoms with van der Waals surface area (Å²) in [6.45, 7) is 0. The lowest BCUT2D eigenvalue weighted by Gasteiger charge is -2.02. The number of phenolic OH excluding ortho intramolecular Hbond substituents is 1. The second-order valence-electron chi connectivity index (χ2n) is 3.71. The Labute approximate surface area is 97.9 Å². The lowest BCUT2D eigenvalue weighted by molar-refractivity contribution is 0.475. The Morgan fingerprint density at radius 1 is 0.875 bits per heavy atom. The fourth-order valence-corrected chi connectivity index (χ4v) is 2.68. The SMILES string of the molecule is Oc1ccc(PCCc2ccccc2)cc1. The van der Waals surface area contributed by atoms with E-state index in [2.05, 4.69) is 24.3 Å². The molecule has 1 unspecified atom stereocenters. The maximum absolute atomic E-state index is 9.16. The number of rotatable bonds is 4. The Hall–Kier alpha value is -1.33. The van der Waals surface area contributed by atoms with Crippen molar-refractivity contribution in [1.82, 2.24) is 0 Å². The zero-order valence-electron chi connectivity index (χ0n) is 9.06. The molecular weight excluding hydrogens is 215 g/mol. The number of benzene rings is 2. The fraction of sp³-hybridized carbons (Fsp3) is 0.143. The van der Waals surface area contributed by atoms with E-state index in [1.807, 2.05) is 18.2 Å². The molecule has 1 nitrogen and oxygen atoms in total. The first-order valence-corrected chi connectivity index (χ1v) is 6.62. The molecule has 16 heavy (non-hydrogen) atoms. The van der Waals surface area contributed by atoms with Crippen LogP contribution < -0.4 is 5.30 Å². The number of aromatic hydroxyl groups is 1. The van der Waals surface area contributed by atoms with Crippen LogP contribution in [-0.4, -0.2) is 11.3 Å². The number of hydrogen-bond acceptors (Lipinski definition) is 1. The van der Waals surface area contributed by atoms with E-state index in [0.717, 1.165) is 15.0 Å². The van der Waals surface area contributed by atoms with Gasteiger partial charge in [0.1, 0.15) is 5.75 Å². The molecule has 0 bridgehead atoms. The van der Waals surface area contributed by atoms with Crippen LogP contribution in [0.25, 0.3) is 0 Å². The van der Waals surface area contributed by atoms with Crippen LogP contribution in [0.1, 0.15) is 5.56 Å². The van der Waals surface area contributed by atoms with Crippen LogP contribution in [0.15, 0.2) is 54.6 Å². The van der Waals surface area contributed by atoms with E-state index in [1.54, 1.807) is 12.1 Å². The van der Waals surface area contributed by atoms with Crippen LogP contribution in [0.4, 0.5) is 0 Å². The van der Waals surface area contributed by atoms with Crippen molar-refractivity contribution in [2.45, 2.75) is 6.42 Å². The van der Waals surface area contributed by atoms with Gasteiger partial charge in [-0.05, 0) is 35.6 Å². The van der Waals surface area contributed by atoms with Crippen molar-refractivity contribution in [2.24, 2.45) is 0 Å². The molecule has 0 radical (unpaired) electrons. The predicted molar refractivity (Wildman–Crippen MR) is 71.1 cm³/mol. The zero-order valence-corrected chi connectivity index (χ0v) is 10.1. The van der Waals surface area contributed by atoms with E-state index < -0.39 is 0 Å². The standard InChI is InChI=1S/C14H15OP/c15-13-6-8-14(9-7-13)16-11-10-12-4-2-1-3-5-12/h1-9,15-16H,10-11H2. The van der Waals surface area contributed by atoms with Crippen LogP contribution in [0.5, 0.6) is 5.75 Å². The van der Waals surface area contributed by atoms with Crippen LogP contribution in [-0.2, 0) is 6.42 Å². The maximum atomic E-state index is 9.16. The molecule has 0 spiro atoms. The van der Waals surface area contributed by atoms with Gasteiger partial charge in [0.2, 0.25) is 0 Å². The molecule has 2 rings (SSSR count). The van der Waals surface area contributed by atoms with Gasteiger partial charge in [-0.25, -0.2) is 0 Å².